The topological polar surface area (TPSA) is 72.7 Å². The van der Waals surface area contributed by atoms with Crippen molar-refractivity contribution >= 4 is 34.1 Å². The van der Waals surface area contributed by atoms with Gasteiger partial charge in [0, 0.05) is 11.1 Å². The number of fused-ring (bicyclic) bond motifs is 1. The van der Waals surface area contributed by atoms with Gasteiger partial charge in [-0.2, -0.15) is 4.68 Å². The number of anilines is 1. The summed E-state index contributed by atoms with van der Waals surface area (Å²) >= 11 is 1.30. The number of amides is 1. The molecule has 0 spiro atoms. The van der Waals surface area contributed by atoms with Crippen molar-refractivity contribution in [2.75, 3.05) is 11.1 Å². The summed E-state index contributed by atoms with van der Waals surface area (Å²) in [6, 6.07) is 32.0. The Morgan fingerprint density at radius 3 is 2.38 bits per heavy atom. The maximum absolute atomic E-state index is 12.5. The SMILES string of the molecule is O=C(CSc1nnnn1-c1cccc2ccccc12)Nc1ccc(-c2ccccc2)cc1. The molecular weight excluding hydrogens is 418 g/mol. The number of carbonyl (C=O) groups excluding carboxylic acids is 1. The summed E-state index contributed by atoms with van der Waals surface area (Å²) in [5.41, 5.74) is 3.88. The molecule has 7 heteroatoms. The predicted molar refractivity (Wildman–Crippen MR) is 128 cm³/mol. The lowest BCUT2D eigenvalue weighted by atomic mass is 10.1. The van der Waals surface area contributed by atoms with Gasteiger partial charge >= 0.3 is 0 Å². The minimum absolute atomic E-state index is 0.116. The number of nitrogens with one attached hydrogen (secondary N) is 1. The van der Waals surface area contributed by atoms with Crippen LogP contribution in [0.4, 0.5) is 5.69 Å². The maximum atomic E-state index is 12.5. The van der Waals surface area contributed by atoms with E-state index in [2.05, 4.69) is 33.0 Å². The third-order valence-electron chi connectivity index (χ3n) is 5.04. The summed E-state index contributed by atoms with van der Waals surface area (Å²) in [5.74, 6) is 0.0842. The van der Waals surface area contributed by atoms with Crippen molar-refractivity contribution in [2.24, 2.45) is 0 Å². The highest BCUT2D eigenvalue weighted by Crippen LogP contribution is 2.26. The van der Waals surface area contributed by atoms with Gasteiger partial charge in [0.15, 0.2) is 0 Å². The van der Waals surface area contributed by atoms with Crippen LogP contribution in [-0.4, -0.2) is 31.9 Å². The molecule has 0 aliphatic rings. The number of benzene rings is 4. The van der Waals surface area contributed by atoms with Gasteiger partial charge in [-0.05, 0) is 45.1 Å². The summed E-state index contributed by atoms with van der Waals surface area (Å²) in [6.07, 6.45) is 0. The fourth-order valence-corrected chi connectivity index (χ4v) is 4.20. The Morgan fingerprint density at radius 1 is 0.812 bits per heavy atom. The van der Waals surface area contributed by atoms with Crippen LogP contribution < -0.4 is 5.32 Å². The lowest BCUT2D eigenvalue weighted by molar-refractivity contribution is -0.113. The van der Waals surface area contributed by atoms with Crippen molar-refractivity contribution in [2.45, 2.75) is 5.16 Å². The van der Waals surface area contributed by atoms with Crippen LogP contribution in [0.15, 0.2) is 102 Å². The molecule has 0 saturated carbocycles. The van der Waals surface area contributed by atoms with Crippen LogP contribution in [0.5, 0.6) is 0 Å². The second kappa shape index (κ2) is 9.03. The fraction of sp³-hybridized carbons (Fsp3) is 0.0400. The van der Waals surface area contributed by atoms with Crippen LogP contribution in [0.3, 0.4) is 0 Å². The van der Waals surface area contributed by atoms with Gasteiger partial charge in [0.05, 0.1) is 11.4 Å². The van der Waals surface area contributed by atoms with E-state index in [1.54, 1.807) is 4.68 Å². The van der Waals surface area contributed by atoms with E-state index in [0.717, 1.165) is 33.3 Å². The van der Waals surface area contributed by atoms with Gasteiger partial charge in [-0.25, -0.2) is 0 Å². The minimum Gasteiger partial charge on any atom is -0.325 e. The van der Waals surface area contributed by atoms with Crippen molar-refractivity contribution in [1.29, 1.82) is 0 Å². The molecule has 0 atom stereocenters. The summed E-state index contributed by atoms with van der Waals surface area (Å²) < 4.78 is 1.68. The molecule has 1 N–H and O–H groups in total. The highest BCUT2D eigenvalue weighted by atomic mass is 32.2. The van der Waals surface area contributed by atoms with Crippen LogP contribution in [0.2, 0.25) is 0 Å². The van der Waals surface area contributed by atoms with E-state index in [4.69, 9.17) is 0 Å². The molecule has 0 saturated heterocycles. The molecule has 156 valence electrons. The van der Waals surface area contributed by atoms with E-state index in [1.165, 1.54) is 11.8 Å². The number of tetrazole rings is 1. The average molecular weight is 438 g/mol. The lowest BCUT2D eigenvalue weighted by Crippen LogP contribution is -2.14. The zero-order valence-corrected chi connectivity index (χ0v) is 17.9. The Kier molecular flexibility index (Phi) is 5.63. The smallest absolute Gasteiger partial charge is 0.234 e. The second-order valence-electron chi connectivity index (χ2n) is 7.15. The second-order valence-corrected chi connectivity index (χ2v) is 8.09. The number of carbonyl (C=O) groups is 1. The van der Waals surface area contributed by atoms with Gasteiger partial charge in [0.2, 0.25) is 11.1 Å². The zero-order valence-electron chi connectivity index (χ0n) is 17.1. The molecular formula is C25H19N5OS. The number of rotatable bonds is 6. The molecule has 5 rings (SSSR count). The first-order valence-corrected chi connectivity index (χ1v) is 11.1. The third kappa shape index (κ3) is 4.24. The number of nitrogens with zero attached hydrogens (tertiary/aromatic N) is 4. The molecule has 0 aliphatic carbocycles. The van der Waals surface area contributed by atoms with Gasteiger partial charge in [-0.15, -0.1) is 5.10 Å². The van der Waals surface area contributed by atoms with Crippen LogP contribution in [0, 0.1) is 0 Å². The van der Waals surface area contributed by atoms with E-state index in [0.29, 0.717) is 5.16 Å². The largest absolute Gasteiger partial charge is 0.325 e. The molecule has 0 bridgehead atoms. The summed E-state index contributed by atoms with van der Waals surface area (Å²) in [5, 5.41) is 17.7. The molecule has 0 aliphatic heterocycles. The average Bonchev–Trinajstić information content (AvgIpc) is 3.32. The summed E-state index contributed by atoms with van der Waals surface area (Å²) in [6.45, 7) is 0. The molecule has 5 aromatic rings. The van der Waals surface area contributed by atoms with Crippen molar-refractivity contribution < 1.29 is 4.79 Å². The summed E-state index contributed by atoms with van der Waals surface area (Å²) in [7, 11) is 0. The van der Waals surface area contributed by atoms with E-state index in [-0.39, 0.29) is 11.7 Å². The normalized spacial score (nSPS) is 10.9. The highest BCUT2D eigenvalue weighted by Gasteiger charge is 2.13. The van der Waals surface area contributed by atoms with E-state index >= 15 is 0 Å². The Bertz CT molecular complexity index is 1360. The highest BCUT2D eigenvalue weighted by molar-refractivity contribution is 7.99. The van der Waals surface area contributed by atoms with E-state index in [9.17, 15) is 4.79 Å². The molecule has 1 aromatic heterocycles. The third-order valence-corrected chi connectivity index (χ3v) is 5.96. The number of hydrogen-bond acceptors (Lipinski definition) is 5. The van der Waals surface area contributed by atoms with Crippen LogP contribution in [-0.2, 0) is 4.79 Å². The van der Waals surface area contributed by atoms with Crippen LogP contribution in [0.25, 0.3) is 27.6 Å². The predicted octanol–water partition coefficient (Wildman–Crippen LogP) is 5.21. The molecule has 0 radical (unpaired) electrons. The summed E-state index contributed by atoms with van der Waals surface area (Å²) in [4.78, 5) is 12.5. The van der Waals surface area contributed by atoms with Crippen molar-refractivity contribution in [3.05, 3.63) is 97.1 Å². The Labute approximate surface area is 189 Å². The first-order chi connectivity index (χ1) is 15.8. The van der Waals surface area contributed by atoms with Crippen LogP contribution >= 0.6 is 11.8 Å². The zero-order chi connectivity index (χ0) is 21.8. The van der Waals surface area contributed by atoms with Gasteiger partial charge in [0.1, 0.15) is 0 Å². The fourth-order valence-electron chi connectivity index (χ4n) is 3.52. The van der Waals surface area contributed by atoms with E-state index < -0.39 is 0 Å². The monoisotopic (exact) mass is 437 g/mol. The molecule has 0 unspecified atom stereocenters. The van der Waals surface area contributed by atoms with Crippen molar-refractivity contribution in [3.8, 4) is 16.8 Å². The Morgan fingerprint density at radius 2 is 1.53 bits per heavy atom. The van der Waals surface area contributed by atoms with Gasteiger partial charge in [-0.1, -0.05) is 90.6 Å². The Hall–Kier alpha value is -3.97. The first kappa shape index (κ1) is 20.0. The van der Waals surface area contributed by atoms with Gasteiger partial charge < -0.3 is 5.32 Å². The number of thioether (sulfide) groups is 1. The maximum Gasteiger partial charge on any atom is 0.234 e. The van der Waals surface area contributed by atoms with Gasteiger partial charge in [0.25, 0.3) is 0 Å². The van der Waals surface area contributed by atoms with Crippen molar-refractivity contribution in [3.63, 3.8) is 0 Å². The van der Waals surface area contributed by atoms with Gasteiger partial charge in [-0.3, -0.25) is 4.79 Å². The van der Waals surface area contributed by atoms with E-state index in [1.807, 2.05) is 84.9 Å². The molecule has 6 nitrogen and oxygen atoms in total. The van der Waals surface area contributed by atoms with Crippen molar-refractivity contribution in [1.82, 2.24) is 20.2 Å². The number of hydrogen-bond donors (Lipinski definition) is 1. The quantitative estimate of drug-likeness (QED) is 0.369. The molecule has 1 heterocycles. The molecule has 0 fully saturated rings. The lowest BCUT2D eigenvalue weighted by Gasteiger charge is -2.09. The first-order valence-electron chi connectivity index (χ1n) is 10.1. The standard InChI is InChI=1S/C25H19N5OS/c31-24(26-21-15-13-19(14-16-21)18-7-2-1-3-8-18)17-32-25-27-28-29-30(25)23-12-6-10-20-9-4-5-11-22(20)23/h1-16H,17H2,(H,26,31). The molecule has 4 aromatic carbocycles. The van der Waals surface area contributed by atoms with Crippen LogP contribution in [0.1, 0.15) is 0 Å². The molecule has 1 amide bonds. The molecule has 32 heavy (non-hydrogen) atoms. The minimum atomic E-state index is -0.116. The Balaban J connectivity index is 1.26. The number of aromatic nitrogens is 4.